The van der Waals surface area contributed by atoms with Gasteiger partial charge < -0.3 is 4.98 Å². The van der Waals surface area contributed by atoms with Crippen molar-refractivity contribution in [3.63, 3.8) is 0 Å². The second-order valence-corrected chi connectivity index (χ2v) is 5.97. The molecular formula is C15H10ClN3S. The maximum absolute atomic E-state index is 6.01. The zero-order valence-electron chi connectivity index (χ0n) is 10.4. The van der Waals surface area contributed by atoms with Gasteiger partial charge in [-0.25, -0.2) is 4.98 Å². The van der Waals surface area contributed by atoms with Crippen LogP contribution in [0.3, 0.4) is 0 Å². The summed E-state index contributed by atoms with van der Waals surface area (Å²) in [5, 5.41) is 3.01. The summed E-state index contributed by atoms with van der Waals surface area (Å²) in [7, 11) is 0. The van der Waals surface area contributed by atoms with E-state index in [1.807, 2.05) is 55.0 Å². The topological polar surface area (TPSA) is 33.1 Å². The van der Waals surface area contributed by atoms with E-state index in [9.17, 15) is 0 Å². The van der Waals surface area contributed by atoms with Crippen LogP contribution in [0.1, 0.15) is 0 Å². The number of fused-ring (bicyclic) bond motifs is 2. The van der Waals surface area contributed by atoms with Crippen molar-refractivity contribution in [1.82, 2.24) is 14.4 Å². The fraction of sp³-hybridized carbons (Fsp3) is 0. The number of aromatic nitrogens is 3. The number of aromatic amines is 1. The molecule has 98 valence electrons. The standard InChI is InChI=1S/C15H10ClN3S/c16-10-4-5-11-12(7-10)17-8-13(11)20-15-9-18-14-3-1-2-6-19(14)15/h1-9,17H. The van der Waals surface area contributed by atoms with Gasteiger partial charge in [-0.3, -0.25) is 4.40 Å². The van der Waals surface area contributed by atoms with Crippen LogP contribution in [0.4, 0.5) is 0 Å². The SMILES string of the molecule is Clc1ccc2c(Sc3cnc4ccccn34)c[nH]c2c1. The number of hydrogen-bond donors (Lipinski definition) is 1. The number of hydrogen-bond acceptors (Lipinski definition) is 2. The second kappa shape index (κ2) is 4.58. The molecule has 0 aliphatic carbocycles. The van der Waals surface area contributed by atoms with Gasteiger partial charge in [-0.15, -0.1) is 0 Å². The van der Waals surface area contributed by atoms with Crippen LogP contribution in [0.2, 0.25) is 5.02 Å². The minimum atomic E-state index is 0.741. The van der Waals surface area contributed by atoms with Crippen molar-refractivity contribution < 1.29 is 0 Å². The zero-order valence-corrected chi connectivity index (χ0v) is 11.9. The molecule has 0 bridgehead atoms. The third-order valence-electron chi connectivity index (χ3n) is 3.20. The molecule has 5 heteroatoms. The molecule has 3 aromatic heterocycles. The first-order valence-corrected chi connectivity index (χ1v) is 7.37. The number of imidazole rings is 1. The van der Waals surface area contributed by atoms with Gasteiger partial charge in [0.05, 0.1) is 6.20 Å². The van der Waals surface area contributed by atoms with Crippen LogP contribution in [0, 0.1) is 0 Å². The molecule has 0 aliphatic heterocycles. The summed E-state index contributed by atoms with van der Waals surface area (Å²) in [6, 6.07) is 11.9. The first kappa shape index (κ1) is 11.9. The van der Waals surface area contributed by atoms with Gasteiger partial charge >= 0.3 is 0 Å². The fourth-order valence-electron chi connectivity index (χ4n) is 2.25. The Bertz CT molecular complexity index is 910. The molecule has 1 N–H and O–H groups in total. The Labute approximate surface area is 124 Å². The molecule has 3 heterocycles. The van der Waals surface area contributed by atoms with Crippen LogP contribution in [0.15, 0.2) is 64.9 Å². The molecule has 0 fully saturated rings. The average molecular weight is 300 g/mol. The number of rotatable bonds is 2. The van der Waals surface area contributed by atoms with Gasteiger partial charge in [-0.2, -0.15) is 0 Å². The Hall–Kier alpha value is -1.91. The van der Waals surface area contributed by atoms with E-state index in [1.54, 1.807) is 11.8 Å². The quantitative estimate of drug-likeness (QED) is 0.586. The second-order valence-electron chi connectivity index (χ2n) is 4.47. The van der Waals surface area contributed by atoms with E-state index in [4.69, 9.17) is 11.6 Å². The van der Waals surface area contributed by atoms with E-state index < -0.39 is 0 Å². The molecule has 4 aromatic rings. The molecule has 1 aromatic carbocycles. The van der Waals surface area contributed by atoms with E-state index in [1.165, 1.54) is 10.3 Å². The Morgan fingerprint density at radius 2 is 2.15 bits per heavy atom. The molecule has 0 atom stereocenters. The summed E-state index contributed by atoms with van der Waals surface area (Å²) in [4.78, 5) is 8.83. The summed E-state index contributed by atoms with van der Waals surface area (Å²) in [5.41, 5.74) is 2.01. The number of pyridine rings is 1. The predicted octanol–water partition coefficient (Wildman–Crippen LogP) is 4.62. The molecule has 3 nitrogen and oxygen atoms in total. The lowest BCUT2D eigenvalue weighted by Gasteiger charge is -2.00. The minimum absolute atomic E-state index is 0.741. The van der Waals surface area contributed by atoms with Crippen molar-refractivity contribution in [2.24, 2.45) is 0 Å². The van der Waals surface area contributed by atoms with Gasteiger partial charge in [-0.1, -0.05) is 35.5 Å². The fourth-order valence-corrected chi connectivity index (χ4v) is 3.41. The normalized spacial score (nSPS) is 11.4. The van der Waals surface area contributed by atoms with Crippen molar-refractivity contribution in [1.29, 1.82) is 0 Å². The summed E-state index contributed by atoms with van der Waals surface area (Å²) >= 11 is 7.70. The third kappa shape index (κ3) is 1.88. The molecule has 0 radical (unpaired) electrons. The Morgan fingerprint density at radius 3 is 3.10 bits per heavy atom. The number of nitrogens with zero attached hydrogens (tertiary/aromatic N) is 2. The molecule has 0 saturated carbocycles. The van der Waals surface area contributed by atoms with Gasteiger partial charge in [0.15, 0.2) is 0 Å². The Balaban J connectivity index is 1.81. The van der Waals surface area contributed by atoms with Crippen molar-refractivity contribution in [3.8, 4) is 0 Å². The van der Waals surface area contributed by atoms with E-state index in [0.717, 1.165) is 21.2 Å². The smallest absolute Gasteiger partial charge is 0.137 e. The van der Waals surface area contributed by atoms with Crippen LogP contribution in [-0.2, 0) is 0 Å². The van der Waals surface area contributed by atoms with E-state index in [0.29, 0.717) is 0 Å². The third-order valence-corrected chi connectivity index (χ3v) is 4.51. The minimum Gasteiger partial charge on any atom is -0.360 e. The van der Waals surface area contributed by atoms with Crippen molar-refractivity contribution in [3.05, 3.63) is 60.0 Å². The van der Waals surface area contributed by atoms with Crippen LogP contribution in [0.25, 0.3) is 16.6 Å². The molecule has 4 rings (SSSR count). The lowest BCUT2D eigenvalue weighted by Crippen LogP contribution is -1.84. The Kier molecular flexibility index (Phi) is 2.72. The van der Waals surface area contributed by atoms with Crippen LogP contribution >= 0.6 is 23.4 Å². The summed E-state index contributed by atoms with van der Waals surface area (Å²) < 4.78 is 2.08. The Morgan fingerprint density at radius 1 is 1.20 bits per heavy atom. The highest BCUT2D eigenvalue weighted by atomic mass is 35.5. The maximum atomic E-state index is 6.01. The molecule has 0 aliphatic rings. The first-order chi connectivity index (χ1) is 9.81. The average Bonchev–Trinajstić information content (AvgIpc) is 3.04. The van der Waals surface area contributed by atoms with E-state index >= 15 is 0 Å². The highest BCUT2D eigenvalue weighted by Crippen LogP contribution is 2.34. The number of halogens is 1. The van der Waals surface area contributed by atoms with Crippen molar-refractivity contribution in [2.45, 2.75) is 9.92 Å². The lowest BCUT2D eigenvalue weighted by atomic mass is 10.2. The van der Waals surface area contributed by atoms with E-state index in [-0.39, 0.29) is 0 Å². The molecule has 20 heavy (non-hydrogen) atoms. The van der Waals surface area contributed by atoms with Gasteiger partial charge in [-0.05, 0) is 24.3 Å². The van der Waals surface area contributed by atoms with E-state index in [2.05, 4.69) is 14.4 Å². The molecule has 0 amide bonds. The van der Waals surface area contributed by atoms with Crippen LogP contribution < -0.4 is 0 Å². The molecular weight excluding hydrogens is 290 g/mol. The summed E-state index contributed by atoms with van der Waals surface area (Å²) in [6.07, 6.45) is 5.93. The van der Waals surface area contributed by atoms with Gasteiger partial charge in [0.2, 0.25) is 0 Å². The van der Waals surface area contributed by atoms with Gasteiger partial charge in [0.25, 0.3) is 0 Å². The van der Waals surface area contributed by atoms with Crippen molar-refractivity contribution in [2.75, 3.05) is 0 Å². The summed E-state index contributed by atoms with van der Waals surface area (Å²) in [6.45, 7) is 0. The van der Waals surface area contributed by atoms with Gasteiger partial charge in [0, 0.05) is 33.2 Å². The molecule has 0 unspecified atom stereocenters. The largest absolute Gasteiger partial charge is 0.360 e. The molecule has 0 spiro atoms. The van der Waals surface area contributed by atoms with Gasteiger partial charge in [0.1, 0.15) is 10.7 Å². The number of nitrogens with one attached hydrogen (secondary N) is 1. The number of benzene rings is 1. The van der Waals surface area contributed by atoms with Crippen molar-refractivity contribution >= 4 is 39.9 Å². The predicted molar refractivity (Wildman–Crippen MR) is 82.6 cm³/mol. The first-order valence-electron chi connectivity index (χ1n) is 6.18. The summed E-state index contributed by atoms with van der Waals surface area (Å²) in [5.74, 6) is 0. The lowest BCUT2D eigenvalue weighted by molar-refractivity contribution is 1.05. The number of H-pyrrole nitrogens is 1. The van der Waals surface area contributed by atoms with Crippen LogP contribution in [0.5, 0.6) is 0 Å². The highest BCUT2D eigenvalue weighted by Gasteiger charge is 2.09. The zero-order chi connectivity index (χ0) is 13.5. The van der Waals surface area contributed by atoms with Crippen LogP contribution in [-0.4, -0.2) is 14.4 Å². The maximum Gasteiger partial charge on any atom is 0.137 e. The molecule has 0 saturated heterocycles. The monoisotopic (exact) mass is 299 g/mol. The highest BCUT2D eigenvalue weighted by molar-refractivity contribution is 7.99.